The van der Waals surface area contributed by atoms with Gasteiger partial charge in [0, 0.05) is 13.1 Å². The van der Waals surface area contributed by atoms with Crippen LogP contribution in [-0.2, 0) is 10.2 Å². The first kappa shape index (κ1) is 13.8. The third-order valence-corrected chi connectivity index (χ3v) is 3.11. The molecule has 7 heteroatoms. The Bertz CT molecular complexity index is 474. The molecule has 0 bridgehead atoms. The highest BCUT2D eigenvalue weighted by Gasteiger charge is 2.12. The number of hydrogen-bond acceptors (Lipinski definition) is 4. The Morgan fingerprint density at radius 1 is 1.41 bits per heavy atom. The monoisotopic (exact) mass is 259 g/mol. The molecule has 6 nitrogen and oxygen atoms in total. The third kappa shape index (κ3) is 4.22. The standard InChI is InChI=1S/C10H17N3O3S/c1-8-3-4-10(16-2)9(7-8)13-17(14,15)12-6-5-11/h3-4,7,12-13H,5-6,11H2,1-2H3. The normalized spacial score (nSPS) is 11.2. The summed E-state index contributed by atoms with van der Waals surface area (Å²) in [5, 5.41) is 0. The van der Waals surface area contributed by atoms with Crippen molar-refractivity contribution in [2.24, 2.45) is 5.73 Å². The molecular weight excluding hydrogens is 242 g/mol. The minimum atomic E-state index is -3.61. The number of benzene rings is 1. The third-order valence-electron chi connectivity index (χ3n) is 2.04. The van der Waals surface area contributed by atoms with Crippen LogP contribution in [0, 0.1) is 6.92 Å². The van der Waals surface area contributed by atoms with E-state index in [1.165, 1.54) is 7.11 Å². The average Bonchev–Trinajstić information content (AvgIpc) is 2.26. The van der Waals surface area contributed by atoms with Gasteiger partial charge < -0.3 is 10.5 Å². The van der Waals surface area contributed by atoms with Crippen molar-refractivity contribution in [2.75, 3.05) is 24.9 Å². The van der Waals surface area contributed by atoms with E-state index in [9.17, 15) is 8.42 Å². The van der Waals surface area contributed by atoms with Gasteiger partial charge in [-0.15, -0.1) is 0 Å². The molecule has 1 rings (SSSR count). The molecule has 4 N–H and O–H groups in total. The summed E-state index contributed by atoms with van der Waals surface area (Å²) in [6, 6.07) is 5.24. The van der Waals surface area contributed by atoms with Crippen LogP contribution in [0.2, 0.25) is 0 Å². The highest BCUT2D eigenvalue weighted by Crippen LogP contribution is 2.25. The van der Waals surface area contributed by atoms with Crippen LogP contribution in [0.25, 0.3) is 0 Å². The molecule has 0 heterocycles. The molecule has 0 aliphatic rings. The van der Waals surface area contributed by atoms with E-state index in [-0.39, 0.29) is 13.1 Å². The smallest absolute Gasteiger partial charge is 0.299 e. The SMILES string of the molecule is COc1ccc(C)cc1NS(=O)(=O)NCCN. The van der Waals surface area contributed by atoms with Gasteiger partial charge in [-0.25, -0.2) is 0 Å². The minimum absolute atomic E-state index is 0.184. The molecule has 0 aliphatic heterocycles. The van der Waals surface area contributed by atoms with E-state index in [1.807, 2.05) is 13.0 Å². The van der Waals surface area contributed by atoms with Crippen LogP contribution < -0.4 is 19.9 Å². The zero-order valence-electron chi connectivity index (χ0n) is 9.86. The number of aryl methyl sites for hydroxylation is 1. The van der Waals surface area contributed by atoms with Gasteiger partial charge >= 0.3 is 0 Å². The number of anilines is 1. The van der Waals surface area contributed by atoms with Crippen LogP contribution >= 0.6 is 0 Å². The first-order valence-corrected chi connectivity index (χ1v) is 6.59. The van der Waals surface area contributed by atoms with Gasteiger partial charge in [0.2, 0.25) is 0 Å². The van der Waals surface area contributed by atoms with Gasteiger partial charge in [0.05, 0.1) is 12.8 Å². The fraction of sp³-hybridized carbons (Fsp3) is 0.400. The van der Waals surface area contributed by atoms with E-state index < -0.39 is 10.2 Å². The number of methoxy groups -OCH3 is 1. The van der Waals surface area contributed by atoms with E-state index in [4.69, 9.17) is 10.5 Å². The Morgan fingerprint density at radius 3 is 2.71 bits per heavy atom. The lowest BCUT2D eigenvalue weighted by Gasteiger charge is -2.12. The molecule has 96 valence electrons. The summed E-state index contributed by atoms with van der Waals surface area (Å²) in [5.41, 5.74) is 6.56. The lowest BCUT2D eigenvalue weighted by Crippen LogP contribution is -2.34. The number of nitrogens with one attached hydrogen (secondary N) is 2. The second-order valence-corrected chi connectivity index (χ2v) is 4.99. The van der Waals surface area contributed by atoms with Crippen LogP contribution in [0.3, 0.4) is 0 Å². The van der Waals surface area contributed by atoms with Gasteiger partial charge in [-0.05, 0) is 24.6 Å². The van der Waals surface area contributed by atoms with Gasteiger partial charge in [0.25, 0.3) is 10.2 Å². The summed E-state index contributed by atoms with van der Waals surface area (Å²) in [6.07, 6.45) is 0. The van der Waals surface area contributed by atoms with Crippen molar-refractivity contribution in [2.45, 2.75) is 6.92 Å². The molecule has 0 atom stereocenters. The molecule has 1 aromatic rings. The van der Waals surface area contributed by atoms with Crippen molar-refractivity contribution >= 4 is 15.9 Å². The predicted octanol–water partition coefficient (Wildman–Crippen LogP) is 0.209. The quantitative estimate of drug-likeness (QED) is 0.680. The lowest BCUT2D eigenvalue weighted by atomic mass is 10.2. The van der Waals surface area contributed by atoms with Gasteiger partial charge in [0.15, 0.2) is 0 Å². The maximum Gasteiger partial charge on any atom is 0.299 e. The van der Waals surface area contributed by atoms with Crippen molar-refractivity contribution in [1.82, 2.24) is 4.72 Å². The number of rotatable bonds is 6. The maximum atomic E-state index is 11.6. The molecule has 0 saturated heterocycles. The molecule has 0 fully saturated rings. The van der Waals surface area contributed by atoms with Gasteiger partial charge in [-0.3, -0.25) is 4.72 Å². The summed E-state index contributed by atoms with van der Waals surface area (Å²) in [5.74, 6) is 0.466. The van der Waals surface area contributed by atoms with Crippen molar-refractivity contribution in [3.63, 3.8) is 0 Å². The number of hydrogen-bond donors (Lipinski definition) is 3. The summed E-state index contributed by atoms with van der Waals surface area (Å²) in [7, 11) is -2.12. The predicted molar refractivity (Wildman–Crippen MR) is 67.3 cm³/mol. The Kier molecular flexibility index (Phi) is 4.73. The number of ether oxygens (including phenoxy) is 1. The Hall–Kier alpha value is -1.31. The molecule has 17 heavy (non-hydrogen) atoms. The van der Waals surface area contributed by atoms with Crippen LogP contribution in [-0.4, -0.2) is 28.6 Å². The maximum absolute atomic E-state index is 11.6. The minimum Gasteiger partial charge on any atom is -0.495 e. The molecular formula is C10H17N3O3S. The van der Waals surface area contributed by atoms with Crippen molar-refractivity contribution in [3.8, 4) is 5.75 Å². The molecule has 0 amide bonds. The number of nitrogens with two attached hydrogens (primary N) is 1. The van der Waals surface area contributed by atoms with Crippen LogP contribution in [0.15, 0.2) is 18.2 Å². The van der Waals surface area contributed by atoms with Crippen LogP contribution in [0.1, 0.15) is 5.56 Å². The second kappa shape index (κ2) is 5.85. The van der Waals surface area contributed by atoms with Crippen LogP contribution in [0.5, 0.6) is 5.75 Å². The molecule has 0 aliphatic carbocycles. The lowest BCUT2D eigenvalue weighted by molar-refractivity contribution is 0.416. The highest BCUT2D eigenvalue weighted by molar-refractivity contribution is 7.90. The van der Waals surface area contributed by atoms with Crippen molar-refractivity contribution in [1.29, 1.82) is 0 Å². The fourth-order valence-corrected chi connectivity index (χ4v) is 2.18. The Labute approximate surface area is 101 Å². The zero-order valence-corrected chi connectivity index (χ0v) is 10.7. The zero-order chi connectivity index (χ0) is 12.9. The van der Waals surface area contributed by atoms with Crippen LogP contribution in [0.4, 0.5) is 5.69 Å². The molecule has 0 radical (unpaired) electrons. The van der Waals surface area contributed by atoms with E-state index in [0.29, 0.717) is 11.4 Å². The first-order chi connectivity index (χ1) is 7.98. The molecule has 0 unspecified atom stereocenters. The van der Waals surface area contributed by atoms with E-state index in [1.54, 1.807) is 12.1 Å². The van der Waals surface area contributed by atoms with Gasteiger partial charge in [-0.1, -0.05) is 6.07 Å². The topological polar surface area (TPSA) is 93.4 Å². The van der Waals surface area contributed by atoms with E-state index >= 15 is 0 Å². The first-order valence-electron chi connectivity index (χ1n) is 5.10. The summed E-state index contributed by atoms with van der Waals surface area (Å²) in [6.45, 7) is 2.29. The van der Waals surface area contributed by atoms with Crippen molar-refractivity contribution in [3.05, 3.63) is 23.8 Å². The molecule has 0 spiro atoms. The molecule has 0 aromatic heterocycles. The van der Waals surface area contributed by atoms with Gasteiger partial charge in [-0.2, -0.15) is 13.1 Å². The summed E-state index contributed by atoms with van der Waals surface area (Å²) >= 11 is 0. The van der Waals surface area contributed by atoms with E-state index in [2.05, 4.69) is 9.44 Å². The van der Waals surface area contributed by atoms with Gasteiger partial charge in [0.1, 0.15) is 5.75 Å². The van der Waals surface area contributed by atoms with Crippen molar-refractivity contribution < 1.29 is 13.2 Å². The summed E-state index contributed by atoms with van der Waals surface area (Å²) < 4.78 is 33.0. The Morgan fingerprint density at radius 2 is 2.12 bits per heavy atom. The Balaban J connectivity index is 2.90. The second-order valence-electron chi connectivity index (χ2n) is 3.49. The largest absolute Gasteiger partial charge is 0.495 e. The van der Waals surface area contributed by atoms with E-state index in [0.717, 1.165) is 5.56 Å². The molecule has 1 aromatic carbocycles. The summed E-state index contributed by atoms with van der Waals surface area (Å²) in [4.78, 5) is 0. The molecule has 0 saturated carbocycles. The average molecular weight is 259 g/mol. The highest BCUT2D eigenvalue weighted by atomic mass is 32.2. The fourth-order valence-electron chi connectivity index (χ4n) is 1.28.